The Morgan fingerprint density at radius 2 is 1.91 bits per heavy atom. The highest BCUT2D eigenvalue weighted by Crippen LogP contribution is 2.24. The molecular weight excluding hydrogens is 329 g/mol. The number of sulfonamides is 1. The van der Waals surface area contributed by atoms with Crippen molar-refractivity contribution in [3.05, 3.63) is 53.3 Å². The first-order chi connectivity index (χ1) is 10.3. The molecule has 0 aromatic heterocycles. The highest BCUT2D eigenvalue weighted by Gasteiger charge is 2.16. The van der Waals surface area contributed by atoms with Gasteiger partial charge in [0, 0.05) is 6.07 Å². The second-order valence-corrected chi connectivity index (χ2v) is 6.97. The van der Waals surface area contributed by atoms with Crippen LogP contribution in [-0.4, -0.2) is 14.5 Å². The van der Waals surface area contributed by atoms with E-state index >= 15 is 0 Å². The lowest BCUT2D eigenvalue weighted by Gasteiger charge is -2.12. The van der Waals surface area contributed by atoms with Crippen molar-refractivity contribution < 1.29 is 17.5 Å². The second-order valence-electron chi connectivity index (χ2n) is 4.88. The summed E-state index contributed by atoms with van der Waals surface area (Å²) in [5.74, 6) is -0.125. The first-order valence-electron chi connectivity index (χ1n) is 6.52. The predicted molar refractivity (Wildman–Crippen MR) is 84.4 cm³/mol. The van der Waals surface area contributed by atoms with E-state index in [1.165, 1.54) is 0 Å². The highest BCUT2D eigenvalue weighted by atomic mass is 35.5. The number of hydrogen-bond donors (Lipinski definition) is 1. The first-order valence-corrected chi connectivity index (χ1v) is 8.38. The molecular formula is C15H15ClFNO3S. The van der Waals surface area contributed by atoms with Crippen molar-refractivity contribution in [1.29, 1.82) is 0 Å². The summed E-state index contributed by atoms with van der Waals surface area (Å²) in [6, 6.07) is 9.79. The summed E-state index contributed by atoms with van der Waals surface area (Å²) in [5.41, 5.74) is 0.346. The summed E-state index contributed by atoms with van der Waals surface area (Å²) in [5, 5.41) is -0.250. The van der Waals surface area contributed by atoms with Gasteiger partial charge in [0.05, 0.1) is 21.7 Å². The van der Waals surface area contributed by atoms with Gasteiger partial charge in [-0.05, 0) is 44.2 Å². The minimum absolute atomic E-state index is 0.0252. The van der Waals surface area contributed by atoms with E-state index < -0.39 is 15.8 Å². The van der Waals surface area contributed by atoms with Crippen LogP contribution in [0.25, 0.3) is 0 Å². The van der Waals surface area contributed by atoms with Gasteiger partial charge < -0.3 is 4.74 Å². The molecule has 0 atom stereocenters. The topological polar surface area (TPSA) is 55.4 Å². The third kappa shape index (κ3) is 4.11. The molecule has 0 unspecified atom stereocenters. The second kappa shape index (κ2) is 6.54. The van der Waals surface area contributed by atoms with Crippen molar-refractivity contribution in [2.45, 2.75) is 24.8 Å². The van der Waals surface area contributed by atoms with Crippen LogP contribution in [0.15, 0.2) is 47.4 Å². The summed E-state index contributed by atoms with van der Waals surface area (Å²) in [6.07, 6.45) is -0.0252. The van der Waals surface area contributed by atoms with Gasteiger partial charge >= 0.3 is 0 Å². The molecule has 0 aliphatic heterocycles. The van der Waals surface area contributed by atoms with E-state index in [4.69, 9.17) is 16.3 Å². The molecule has 22 heavy (non-hydrogen) atoms. The fourth-order valence-electron chi connectivity index (χ4n) is 1.76. The zero-order valence-electron chi connectivity index (χ0n) is 12.0. The highest BCUT2D eigenvalue weighted by molar-refractivity contribution is 7.92. The van der Waals surface area contributed by atoms with Gasteiger partial charge in [0.2, 0.25) is 0 Å². The SMILES string of the molecule is CC(C)Oc1cccc(NS(=O)(=O)c2ccc(F)c(Cl)c2)c1. The maximum absolute atomic E-state index is 13.1. The van der Waals surface area contributed by atoms with Crippen molar-refractivity contribution in [3.8, 4) is 5.75 Å². The van der Waals surface area contributed by atoms with E-state index in [0.717, 1.165) is 18.2 Å². The van der Waals surface area contributed by atoms with Crippen LogP contribution in [0.3, 0.4) is 0 Å². The van der Waals surface area contributed by atoms with E-state index in [1.807, 2.05) is 13.8 Å². The van der Waals surface area contributed by atoms with Gasteiger partial charge in [-0.1, -0.05) is 17.7 Å². The Labute approximate surface area is 133 Å². The van der Waals surface area contributed by atoms with E-state index in [2.05, 4.69) is 4.72 Å². The first kappa shape index (κ1) is 16.6. The van der Waals surface area contributed by atoms with Crippen molar-refractivity contribution in [3.63, 3.8) is 0 Å². The summed E-state index contributed by atoms with van der Waals surface area (Å²) < 4.78 is 45.6. The molecule has 4 nitrogen and oxygen atoms in total. The van der Waals surface area contributed by atoms with Gasteiger partial charge in [-0.2, -0.15) is 0 Å². The molecule has 0 spiro atoms. The zero-order chi connectivity index (χ0) is 16.3. The fraction of sp³-hybridized carbons (Fsp3) is 0.200. The maximum atomic E-state index is 13.1. The average molecular weight is 344 g/mol. The molecule has 7 heteroatoms. The Morgan fingerprint density at radius 3 is 2.55 bits per heavy atom. The Morgan fingerprint density at radius 1 is 1.18 bits per heavy atom. The molecule has 0 amide bonds. The third-order valence-electron chi connectivity index (χ3n) is 2.66. The Bertz CT molecular complexity index is 778. The predicted octanol–water partition coefficient (Wildman–Crippen LogP) is 4.07. The molecule has 0 radical (unpaired) electrons. The minimum Gasteiger partial charge on any atom is -0.491 e. The van der Waals surface area contributed by atoms with Crippen LogP contribution in [-0.2, 0) is 10.0 Å². The van der Waals surface area contributed by atoms with Crippen molar-refractivity contribution in [1.82, 2.24) is 0 Å². The third-order valence-corrected chi connectivity index (χ3v) is 4.33. The van der Waals surface area contributed by atoms with E-state index in [0.29, 0.717) is 11.4 Å². The molecule has 2 aromatic carbocycles. The van der Waals surface area contributed by atoms with Gasteiger partial charge in [-0.15, -0.1) is 0 Å². The summed E-state index contributed by atoms with van der Waals surface area (Å²) in [4.78, 5) is -0.117. The number of ether oxygens (including phenoxy) is 1. The number of hydrogen-bond acceptors (Lipinski definition) is 3. The molecule has 0 saturated heterocycles. The fourth-order valence-corrected chi connectivity index (χ4v) is 3.08. The molecule has 0 aliphatic rings. The normalized spacial score (nSPS) is 11.5. The molecule has 0 aliphatic carbocycles. The zero-order valence-corrected chi connectivity index (χ0v) is 13.6. The lowest BCUT2D eigenvalue weighted by atomic mass is 10.3. The van der Waals surface area contributed by atoms with Crippen molar-refractivity contribution in [2.24, 2.45) is 0 Å². The van der Waals surface area contributed by atoms with E-state index in [9.17, 15) is 12.8 Å². The molecule has 0 bridgehead atoms. The number of halogens is 2. The van der Waals surface area contributed by atoms with Crippen LogP contribution in [0, 0.1) is 5.82 Å². The number of nitrogens with one attached hydrogen (secondary N) is 1. The molecule has 118 valence electrons. The number of rotatable bonds is 5. The Kier molecular flexibility index (Phi) is 4.93. The average Bonchev–Trinajstić information content (AvgIpc) is 2.40. The lowest BCUT2D eigenvalue weighted by molar-refractivity contribution is 0.242. The Hall–Kier alpha value is -1.79. The van der Waals surface area contributed by atoms with Gasteiger partial charge in [0.15, 0.2) is 0 Å². The molecule has 0 saturated carbocycles. The monoisotopic (exact) mass is 343 g/mol. The van der Waals surface area contributed by atoms with Crippen LogP contribution < -0.4 is 9.46 Å². The molecule has 1 N–H and O–H groups in total. The standard InChI is InChI=1S/C15H15ClFNO3S/c1-10(2)21-12-5-3-4-11(8-12)18-22(19,20)13-6-7-15(17)14(16)9-13/h3-10,18H,1-2H3. The maximum Gasteiger partial charge on any atom is 0.261 e. The quantitative estimate of drug-likeness (QED) is 0.890. The van der Waals surface area contributed by atoms with Crippen LogP contribution in [0.5, 0.6) is 5.75 Å². The van der Waals surface area contributed by atoms with Crippen LogP contribution in [0.2, 0.25) is 5.02 Å². The van der Waals surface area contributed by atoms with Crippen molar-refractivity contribution in [2.75, 3.05) is 4.72 Å². The van der Waals surface area contributed by atoms with Crippen LogP contribution in [0.1, 0.15) is 13.8 Å². The minimum atomic E-state index is -3.85. The molecule has 2 rings (SSSR count). The summed E-state index contributed by atoms with van der Waals surface area (Å²) >= 11 is 5.62. The van der Waals surface area contributed by atoms with Gasteiger partial charge in [0.1, 0.15) is 11.6 Å². The molecule has 0 heterocycles. The largest absolute Gasteiger partial charge is 0.491 e. The summed E-state index contributed by atoms with van der Waals surface area (Å²) in [7, 11) is -3.85. The smallest absolute Gasteiger partial charge is 0.261 e. The van der Waals surface area contributed by atoms with E-state index in [-0.39, 0.29) is 16.0 Å². The van der Waals surface area contributed by atoms with Crippen molar-refractivity contribution >= 4 is 27.3 Å². The Balaban J connectivity index is 2.26. The molecule has 0 fully saturated rings. The van der Waals surface area contributed by atoms with Crippen LogP contribution >= 0.6 is 11.6 Å². The lowest BCUT2D eigenvalue weighted by Crippen LogP contribution is -2.13. The molecule has 2 aromatic rings. The van der Waals surface area contributed by atoms with Gasteiger partial charge in [-0.3, -0.25) is 4.72 Å². The number of benzene rings is 2. The van der Waals surface area contributed by atoms with Crippen LogP contribution in [0.4, 0.5) is 10.1 Å². The van der Waals surface area contributed by atoms with Gasteiger partial charge in [-0.25, -0.2) is 12.8 Å². The van der Waals surface area contributed by atoms with E-state index in [1.54, 1.807) is 24.3 Å². The summed E-state index contributed by atoms with van der Waals surface area (Å²) in [6.45, 7) is 3.74. The van der Waals surface area contributed by atoms with Gasteiger partial charge in [0.25, 0.3) is 10.0 Å². The number of anilines is 1.